The fourth-order valence-electron chi connectivity index (χ4n) is 1.19. The topological polar surface area (TPSA) is 58.6 Å². The van der Waals surface area contributed by atoms with E-state index in [9.17, 15) is 4.79 Å². The lowest BCUT2D eigenvalue weighted by atomic mass is 10.1. The molecule has 1 amide bonds. The maximum absolute atomic E-state index is 11.0. The number of aliphatic hydroxyl groups is 1. The van der Waals surface area contributed by atoms with Gasteiger partial charge < -0.3 is 15.2 Å². The van der Waals surface area contributed by atoms with E-state index in [2.05, 4.69) is 10.1 Å². The van der Waals surface area contributed by atoms with Crippen molar-refractivity contribution in [3.05, 3.63) is 34.9 Å². The summed E-state index contributed by atoms with van der Waals surface area (Å²) in [6, 6.07) is 7.45. The Labute approximate surface area is 99.2 Å². The van der Waals surface area contributed by atoms with Crippen molar-refractivity contribution in [3.8, 4) is 0 Å². The highest BCUT2D eigenvalue weighted by atomic mass is 35.5. The summed E-state index contributed by atoms with van der Waals surface area (Å²) in [5.41, 5.74) is 1.05. The number of alkyl carbamates (subject to hydrolysis) is 1. The molecule has 0 saturated carbocycles. The van der Waals surface area contributed by atoms with Crippen LogP contribution >= 0.6 is 11.6 Å². The van der Waals surface area contributed by atoms with Crippen LogP contribution in [0, 0.1) is 0 Å². The van der Waals surface area contributed by atoms with Gasteiger partial charge in [0.2, 0.25) is 0 Å². The molecule has 0 aliphatic heterocycles. The van der Waals surface area contributed by atoms with Crippen LogP contribution in [0.3, 0.4) is 0 Å². The molecule has 0 saturated heterocycles. The summed E-state index contributed by atoms with van der Waals surface area (Å²) in [4.78, 5) is 11.0. The zero-order valence-corrected chi connectivity index (χ0v) is 9.54. The van der Waals surface area contributed by atoms with Crippen molar-refractivity contribution in [1.82, 2.24) is 5.32 Å². The smallest absolute Gasteiger partial charge is 0.407 e. The lowest BCUT2D eigenvalue weighted by Crippen LogP contribution is -2.27. The Balaban J connectivity index is 2.22. The standard InChI is InChI=1S/C11H14ClNO3/c12-10-3-1-2-9(8-10)4-5-13-11(15)16-7-6-14/h1-3,8,14H,4-7H2,(H,13,15). The molecule has 0 unspecified atom stereocenters. The van der Waals surface area contributed by atoms with Gasteiger partial charge in [-0.1, -0.05) is 23.7 Å². The molecule has 2 N–H and O–H groups in total. The predicted molar refractivity (Wildman–Crippen MR) is 61.6 cm³/mol. The summed E-state index contributed by atoms with van der Waals surface area (Å²) >= 11 is 5.82. The molecule has 0 bridgehead atoms. The molecule has 88 valence electrons. The minimum Gasteiger partial charge on any atom is -0.447 e. The summed E-state index contributed by atoms with van der Waals surface area (Å²) < 4.78 is 4.63. The zero-order chi connectivity index (χ0) is 11.8. The van der Waals surface area contributed by atoms with E-state index in [0.717, 1.165) is 5.56 Å². The third-order valence-electron chi connectivity index (χ3n) is 1.90. The van der Waals surface area contributed by atoms with E-state index in [-0.39, 0.29) is 13.2 Å². The molecule has 0 atom stereocenters. The predicted octanol–water partition coefficient (Wildman–Crippen LogP) is 1.60. The molecular weight excluding hydrogens is 230 g/mol. The highest BCUT2D eigenvalue weighted by Crippen LogP contribution is 2.10. The Morgan fingerprint density at radius 2 is 2.31 bits per heavy atom. The van der Waals surface area contributed by atoms with Gasteiger partial charge in [-0.15, -0.1) is 0 Å². The minimum absolute atomic E-state index is 0.0169. The molecule has 1 rings (SSSR count). The molecule has 0 spiro atoms. The maximum atomic E-state index is 11.0. The number of hydrogen-bond acceptors (Lipinski definition) is 3. The molecule has 0 radical (unpaired) electrons. The van der Waals surface area contributed by atoms with Crippen LogP contribution in [0.5, 0.6) is 0 Å². The van der Waals surface area contributed by atoms with Crippen LogP contribution in [0.1, 0.15) is 5.56 Å². The molecular formula is C11H14ClNO3. The number of nitrogens with one attached hydrogen (secondary N) is 1. The summed E-state index contributed by atoms with van der Waals surface area (Å²) in [6.07, 6.45) is 0.172. The number of amides is 1. The van der Waals surface area contributed by atoms with Crippen molar-refractivity contribution in [2.75, 3.05) is 19.8 Å². The quantitative estimate of drug-likeness (QED) is 0.826. The van der Waals surface area contributed by atoms with Gasteiger partial charge in [-0.25, -0.2) is 4.79 Å². The first kappa shape index (κ1) is 12.8. The molecule has 0 fully saturated rings. The van der Waals surface area contributed by atoms with Gasteiger partial charge in [0.1, 0.15) is 6.61 Å². The lowest BCUT2D eigenvalue weighted by molar-refractivity contribution is 0.119. The van der Waals surface area contributed by atoms with Crippen molar-refractivity contribution in [2.24, 2.45) is 0 Å². The zero-order valence-electron chi connectivity index (χ0n) is 8.78. The Hall–Kier alpha value is -1.26. The summed E-state index contributed by atoms with van der Waals surface area (Å²) in [6.45, 7) is 0.329. The number of carbonyl (C=O) groups is 1. The van der Waals surface area contributed by atoms with Crippen LogP contribution in [-0.2, 0) is 11.2 Å². The van der Waals surface area contributed by atoms with Gasteiger partial charge in [-0.3, -0.25) is 0 Å². The van der Waals surface area contributed by atoms with E-state index in [1.807, 2.05) is 18.2 Å². The number of hydrogen-bond donors (Lipinski definition) is 2. The van der Waals surface area contributed by atoms with Crippen LogP contribution in [-0.4, -0.2) is 31.0 Å². The molecule has 0 aliphatic carbocycles. The minimum atomic E-state index is -0.518. The normalized spacial score (nSPS) is 9.88. The van der Waals surface area contributed by atoms with Crippen molar-refractivity contribution in [2.45, 2.75) is 6.42 Å². The van der Waals surface area contributed by atoms with Gasteiger partial charge >= 0.3 is 6.09 Å². The van der Waals surface area contributed by atoms with Crippen LogP contribution in [0.25, 0.3) is 0 Å². The SMILES string of the molecule is O=C(NCCc1cccc(Cl)c1)OCCO. The highest BCUT2D eigenvalue weighted by Gasteiger charge is 2.00. The van der Waals surface area contributed by atoms with Gasteiger partial charge in [0.25, 0.3) is 0 Å². The van der Waals surface area contributed by atoms with Crippen LogP contribution in [0.2, 0.25) is 5.02 Å². The number of halogens is 1. The largest absolute Gasteiger partial charge is 0.447 e. The summed E-state index contributed by atoms with van der Waals surface area (Å²) in [5, 5.41) is 11.7. The van der Waals surface area contributed by atoms with E-state index in [1.165, 1.54) is 0 Å². The van der Waals surface area contributed by atoms with Crippen molar-refractivity contribution in [3.63, 3.8) is 0 Å². The molecule has 1 aromatic carbocycles. The Bertz CT molecular complexity index is 344. The second-order valence-corrected chi connectivity index (χ2v) is 3.60. The third kappa shape index (κ3) is 5.00. The van der Waals surface area contributed by atoms with E-state index in [0.29, 0.717) is 18.0 Å². The molecule has 4 nitrogen and oxygen atoms in total. The van der Waals surface area contributed by atoms with E-state index >= 15 is 0 Å². The summed E-state index contributed by atoms with van der Waals surface area (Å²) in [7, 11) is 0. The first-order chi connectivity index (χ1) is 7.72. The average Bonchev–Trinajstić information content (AvgIpc) is 2.26. The van der Waals surface area contributed by atoms with E-state index in [4.69, 9.17) is 16.7 Å². The van der Waals surface area contributed by atoms with Gasteiger partial charge in [0, 0.05) is 11.6 Å². The monoisotopic (exact) mass is 243 g/mol. The van der Waals surface area contributed by atoms with Crippen LogP contribution in [0.4, 0.5) is 4.79 Å². The fraction of sp³-hybridized carbons (Fsp3) is 0.364. The van der Waals surface area contributed by atoms with Crippen molar-refractivity contribution >= 4 is 17.7 Å². The molecule has 5 heteroatoms. The molecule has 0 heterocycles. The van der Waals surface area contributed by atoms with Crippen molar-refractivity contribution < 1.29 is 14.6 Å². The Morgan fingerprint density at radius 1 is 1.50 bits per heavy atom. The van der Waals surface area contributed by atoms with Crippen LogP contribution in [0.15, 0.2) is 24.3 Å². The van der Waals surface area contributed by atoms with Gasteiger partial charge in [0.05, 0.1) is 6.61 Å². The first-order valence-electron chi connectivity index (χ1n) is 4.98. The van der Waals surface area contributed by atoms with Gasteiger partial charge in [-0.2, -0.15) is 0 Å². The van der Waals surface area contributed by atoms with E-state index in [1.54, 1.807) is 6.07 Å². The third-order valence-corrected chi connectivity index (χ3v) is 2.13. The molecule has 0 aromatic heterocycles. The highest BCUT2D eigenvalue weighted by molar-refractivity contribution is 6.30. The number of ether oxygens (including phenoxy) is 1. The maximum Gasteiger partial charge on any atom is 0.407 e. The fourth-order valence-corrected chi connectivity index (χ4v) is 1.40. The average molecular weight is 244 g/mol. The lowest BCUT2D eigenvalue weighted by Gasteiger charge is -2.05. The van der Waals surface area contributed by atoms with Gasteiger partial charge in [0.15, 0.2) is 0 Å². The number of rotatable bonds is 5. The van der Waals surface area contributed by atoms with Crippen LogP contribution < -0.4 is 5.32 Å². The first-order valence-corrected chi connectivity index (χ1v) is 5.36. The van der Waals surface area contributed by atoms with E-state index < -0.39 is 6.09 Å². The van der Waals surface area contributed by atoms with Crippen molar-refractivity contribution in [1.29, 1.82) is 0 Å². The number of carbonyl (C=O) groups excluding carboxylic acids is 1. The second kappa shape index (κ2) is 7.09. The molecule has 1 aromatic rings. The number of aliphatic hydroxyl groups excluding tert-OH is 1. The second-order valence-electron chi connectivity index (χ2n) is 3.17. The Morgan fingerprint density at radius 3 is 3.00 bits per heavy atom. The van der Waals surface area contributed by atoms with Gasteiger partial charge in [-0.05, 0) is 24.1 Å². The molecule has 0 aliphatic rings. The number of benzene rings is 1. The summed E-state index contributed by atoms with van der Waals surface area (Å²) in [5.74, 6) is 0. The molecule has 16 heavy (non-hydrogen) atoms. The Kier molecular flexibility index (Phi) is 5.67.